The summed E-state index contributed by atoms with van der Waals surface area (Å²) in [7, 11) is 5.71. The predicted molar refractivity (Wildman–Crippen MR) is 118 cm³/mol. The normalized spacial score (nSPS) is 11.6. The van der Waals surface area contributed by atoms with E-state index in [-0.39, 0.29) is 18.4 Å². The van der Waals surface area contributed by atoms with Gasteiger partial charge in [0.15, 0.2) is 6.54 Å². The molecule has 2 rings (SSSR count). The van der Waals surface area contributed by atoms with Crippen LogP contribution >= 0.6 is 0 Å². The number of aryl methyl sites for hydroxylation is 1. The van der Waals surface area contributed by atoms with Gasteiger partial charge in [0.25, 0.3) is 5.91 Å². The molecule has 1 unspecified atom stereocenters. The highest BCUT2D eigenvalue weighted by Gasteiger charge is 2.19. The molecular formula is C23H33N4O2+. The molecule has 0 aromatic heterocycles. The lowest BCUT2D eigenvalue weighted by molar-refractivity contribution is -0.904. The minimum Gasteiger partial charge on any atom is -0.378 e. The SMILES string of the molecule is CC[NH+](CC(=O)N(C)CC(=O)Nc1ccc(C)cc1)Cc1ccc(N(C)C)cc1. The molecule has 156 valence electrons. The van der Waals surface area contributed by atoms with Crippen molar-refractivity contribution in [3.8, 4) is 0 Å². The van der Waals surface area contributed by atoms with Crippen LogP contribution in [-0.4, -0.2) is 57.5 Å². The van der Waals surface area contributed by atoms with E-state index in [0.717, 1.165) is 30.0 Å². The zero-order valence-corrected chi connectivity index (χ0v) is 18.2. The highest BCUT2D eigenvalue weighted by atomic mass is 16.2. The maximum Gasteiger partial charge on any atom is 0.277 e. The van der Waals surface area contributed by atoms with E-state index in [2.05, 4.69) is 41.4 Å². The smallest absolute Gasteiger partial charge is 0.277 e. The van der Waals surface area contributed by atoms with Crippen LogP contribution in [0.15, 0.2) is 48.5 Å². The summed E-state index contributed by atoms with van der Waals surface area (Å²) in [5, 5.41) is 2.83. The number of benzene rings is 2. The first-order valence-corrected chi connectivity index (χ1v) is 9.98. The molecule has 6 nitrogen and oxygen atoms in total. The number of rotatable bonds is 9. The lowest BCUT2D eigenvalue weighted by atomic mass is 10.2. The van der Waals surface area contributed by atoms with Crippen LogP contribution in [0.5, 0.6) is 0 Å². The van der Waals surface area contributed by atoms with Crippen LogP contribution < -0.4 is 15.1 Å². The minimum absolute atomic E-state index is 0.0363. The fourth-order valence-corrected chi connectivity index (χ4v) is 3.00. The molecule has 2 amide bonds. The zero-order valence-electron chi connectivity index (χ0n) is 18.2. The van der Waals surface area contributed by atoms with E-state index in [0.29, 0.717) is 6.54 Å². The number of anilines is 2. The first-order chi connectivity index (χ1) is 13.8. The van der Waals surface area contributed by atoms with Crippen molar-refractivity contribution in [3.05, 3.63) is 59.7 Å². The first kappa shape index (κ1) is 22.4. The molecule has 6 heteroatoms. The molecule has 0 fully saturated rings. The Morgan fingerprint density at radius 2 is 1.59 bits per heavy atom. The summed E-state index contributed by atoms with van der Waals surface area (Å²) in [5.41, 5.74) is 4.22. The molecule has 2 aromatic carbocycles. The minimum atomic E-state index is -0.193. The molecule has 0 aliphatic heterocycles. The fraction of sp³-hybridized carbons (Fsp3) is 0.391. The average molecular weight is 398 g/mol. The van der Waals surface area contributed by atoms with Crippen molar-refractivity contribution in [2.24, 2.45) is 0 Å². The van der Waals surface area contributed by atoms with Crippen molar-refractivity contribution >= 4 is 23.2 Å². The number of likely N-dealkylation sites (N-methyl/N-ethyl adjacent to an activating group) is 2. The van der Waals surface area contributed by atoms with Crippen LogP contribution in [0.25, 0.3) is 0 Å². The Morgan fingerprint density at radius 3 is 2.14 bits per heavy atom. The Labute approximate surface area is 174 Å². The molecule has 0 spiro atoms. The van der Waals surface area contributed by atoms with E-state index in [1.807, 2.05) is 45.3 Å². The monoisotopic (exact) mass is 397 g/mol. The van der Waals surface area contributed by atoms with Crippen LogP contribution in [0.1, 0.15) is 18.1 Å². The summed E-state index contributed by atoms with van der Waals surface area (Å²) in [5.74, 6) is -0.229. The second-order valence-corrected chi connectivity index (χ2v) is 7.68. The summed E-state index contributed by atoms with van der Waals surface area (Å²) in [6.45, 7) is 6.09. The van der Waals surface area contributed by atoms with Crippen LogP contribution in [-0.2, 0) is 16.1 Å². The van der Waals surface area contributed by atoms with Gasteiger partial charge in [-0.15, -0.1) is 0 Å². The van der Waals surface area contributed by atoms with Crippen molar-refractivity contribution in [2.75, 3.05) is 51.0 Å². The van der Waals surface area contributed by atoms with Crippen LogP contribution in [0.3, 0.4) is 0 Å². The maximum atomic E-state index is 12.6. The van der Waals surface area contributed by atoms with Gasteiger partial charge in [0.2, 0.25) is 5.91 Å². The summed E-state index contributed by atoms with van der Waals surface area (Å²) in [6.07, 6.45) is 0. The van der Waals surface area contributed by atoms with Crippen molar-refractivity contribution in [3.63, 3.8) is 0 Å². The summed E-state index contributed by atoms with van der Waals surface area (Å²) in [6, 6.07) is 16.0. The molecular weight excluding hydrogens is 364 g/mol. The van der Waals surface area contributed by atoms with E-state index in [1.54, 1.807) is 7.05 Å². The number of quaternary nitrogens is 1. The molecule has 2 aromatic rings. The lowest BCUT2D eigenvalue weighted by Gasteiger charge is -2.22. The number of hydrogen-bond acceptors (Lipinski definition) is 3. The highest BCUT2D eigenvalue weighted by molar-refractivity contribution is 5.94. The van der Waals surface area contributed by atoms with Gasteiger partial charge in [-0.3, -0.25) is 9.59 Å². The van der Waals surface area contributed by atoms with Crippen molar-refractivity contribution in [1.82, 2.24) is 4.90 Å². The first-order valence-electron chi connectivity index (χ1n) is 9.98. The Hall–Kier alpha value is -2.86. The van der Waals surface area contributed by atoms with Crippen molar-refractivity contribution < 1.29 is 14.5 Å². The van der Waals surface area contributed by atoms with Gasteiger partial charge in [-0.05, 0) is 38.1 Å². The quantitative estimate of drug-likeness (QED) is 0.675. The fourth-order valence-electron chi connectivity index (χ4n) is 3.00. The van der Waals surface area contributed by atoms with Gasteiger partial charge in [0.05, 0.1) is 13.1 Å². The standard InChI is InChI=1S/C23H32N4O2/c1-6-27(15-19-9-13-21(14-10-19)25(3)4)17-23(29)26(5)16-22(28)24-20-11-7-18(2)8-12-20/h7-14H,6,15-17H2,1-5H3,(H,24,28)/p+1. The summed E-state index contributed by atoms with van der Waals surface area (Å²) >= 11 is 0. The predicted octanol–water partition coefficient (Wildman–Crippen LogP) is 1.56. The Bertz CT molecular complexity index is 801. The Morgan fingerprint density at radius 1 is 0.966 bits per heavy atom. The van der Waals surface area contributed by atoms with E-state index < -0.39 is 0 Å². The molecule has 0 bridgehead atoms. The van der Waals surface area contributed by atoms with Gasteiger partial charge < -0.3 is 20.0 Å². The topological polar surface area (TPSA) is 57.1 Å². The van der Waals surface area contributed by atoms with Gasteiger partial charge in [-0.1, -0.05) is 29.8 Å². The average Bonchev–Trinajstić information content (AvgIpc) is 2.69. The van der Waals surface area contributed by atoms with Gasteiger partial charge >= 0.3 is 0 Å². The molecule has 1 atom stereocenters. The Balaban J connectivity index is 1.85. The third kappa shape index (κ3) is 7.23. The van der Waals surface area contributed by atoms with Gasteiger partial charge in [-0.25, -0.2) is 0 Å². The van der Waals surface area contributed by atoms with Gasteiger partial charge in [0.1, 0.15) is 6.54 Å². The third-order valence-corrected chi connectivity index (χ3v) is 4.95. The second kappa shape index (κ2) is 10.6. The van der Waals surface area contributed by atoms with Gasteiger partial charge in [0, 0.05) is 38.1 Å². The molecule has 0 aliphatic rings. The number of amides is 2. The molecule has 0 aliphatic carbocycles. The van der Waals surface area contributed by atoms with Crippen molar-refractivity contribution in [1.29, 1.82) is 0 Å². The van der Waals surface area contributed by atoms with E-state index in [1.165, 1.54) is 15.4 Å². The van der Waals surface area contributed by atoms with Crippen LogP contribution in [0.2, 0.25) is 0 Å². The third-order valence-electron chi connectivity index (χ3n) is 4.95. The Kier molecular flexibility index (Phi) is 8.21. The van der Waals surface area contributed by atoms with E-state index in [4.69, 9.17) is 0 Å². The van der Waals surface area contributed by atoms with Crippen LogP contribution in [0, 0.1) is 6.92 Å². The highest BCUT2D eigenvalue weighted by Crippen LogP contribution is 2.11. The van der Waals surface area contributed by atoms with E-state index >= 15 is 0 Å². The summed E-state index contributed by atoms with van der Waals surface area (Å²) in [4.78, 5) is 29.6. The zero-order chi connectivity index (χ0) is 21.4. The van der Waals surface area contributed by atoms with Crippen LogP contribution in [0.4, 0.5) is 11.4 Å². The largest absolute Gasteiger partial charge is 0.378 e. The lowest BCUT2D eigenvalue weighted by Crippen LogP contribution is -3.11. The number of nitrogens with zero attached hydrogens (tertiary/aromatic N) is 2. The number of hydrogen-bond donors (Lipinski definition) is 2. The van der Waals surface area contributed by atoms with Gasteiger partial charge in [-0.2, -0.15) is 0 Å². The number of carbonyl (C=O) groups is 2. The van der Waals surface area contributed by atoms with Crippen molar-refractivity contribution in [2.45, 2.75) is 20.4 Å². The number of nitrogens with one attached hydrogen (secondary N) is 2. The molecule has 0 heterocycles. The number of carbonyl (C=O) groups excluding carboxylic acids is 2. The van der Waals surface area contributed by atoms with E-state index in [9.17, 15) is 9.59 Å². The molecule has 29 heavy (non-hydrogen) atoms. The molecule has 0 saturated carbocycles. The molecule has 2 N–H and O–H groups in total. The molecule has 0 saturated heterocycles. The summed E-state index contributed by atoms with van der Waals surface area (Å²) < 4.78 is 0. The molecule has 0 radical (unpaired) electrons. The second-order valence-electron chi connectivity index (χ2n) is 7.68. The maximum absolute atomic E-state index is 12.6.